The van der Waals surface area contributed by atoms with Crippen molar-refractivity contribution in [2.75, 3.05) is 0 Å². The van der Waals surface area contributed by atoms with Crippen molar-refractivity contribution >= 4 is 54.3 Å². The molecule has 0 aliphatic rings. The molecule has 0 radical (unpaired) electrons. The lowest BCUT2D eigenvalue weighted by molar-refractivity contribution is 0.329. The van der Waals surface area contributed by atoms with Crippen molar-refractivity contribution in [3.8, 4) is 154 Å². The van der Waals surface area contributed by atoms with Gasteiger partial charge in [-0.1, -0.05) is 42.5 Å². The van der Waals surface area contributed by atoms with Gasteiger partial charge in [0.2, 0.25) is 46.0 Å². The van der Waals surface area contributed by atoms with Crippen LogP contribution in [0.4, 0.5) is 0 Å². The van der Waals surface area contributed by atoms with Crippen LogP contribution >= 0.6 is 0 Å². The van der Waals surface area contributed by atoms with Crippen LogP contribution < -0.4 is 0 Å². The van der Waals surface area contributed by atoms with Crippen LogP contribution in [0, 0.1) is 0 Å². The van der Waals surface area contributed by atoms with Crippen molar-refractivity contribution in [2.24, 2.45) is 0 Å². The first-order chi connectivity index (χ1) is 32.2. The highest BCUT2D eigenvalue weighted by Crippen LogP contribution is 2.68. The van der Waals surface area contributed by atoms with Crippen LogP contribution in [0.5, 0.6) is 109 Å². The number of phenols is 19. The molecule has 0 atom stereocenters. The van der Waals surface area contributed by atoms with Crippen molar-refractivity contribution < 1.29 is 101 Å². The highest BCUT2D eigenvalue weighted by molar-refractivity contribution is 6.32. The zero-order chi connectivity index (χ0) is 48.8. The topological polar surface area (TPSA) is 398 Å². The zero-order valence-corrected chi connectivity index (χ0v) is 33.8. The maximum absolute atomic E-state index is 12.6. The SMILES string of the molecule is Oc1c(O)c(O)c(-c2c(O)c(O)c3c(-c4c(O)c(O)c(O)c5c(O)c(O)c(O)c(O)c45)c4c(O)c(O)c(O)c(O)c4c(-c4cccc(-c5ccc6oc7ccccc7c6c5)c4)c3c2O)c(O)c1O. The minimum absolute atomic E-state index is 0.150. The highest BCUT2D eigenvalue weighted by atomic mass is 16.4. The molecule has 20 nitrogen and oxygen atoms in total. The minimum atomic E-state index is -1.60. The second kappa shape index (κ2) is 13.9. The molecule has 0 spiro atoms. The Morgan fingerprint density at radius 2 is 0.588 bits per heavy atom. The number of hydrogen-bond acceptors (Lipinski definition) is 20. The lowest BCUT2D eigenvalue weighted by Gasteiger charge is -2.25. The number of aromatic hydroxyl groups is 19. The molecule has 1 aromatic heterocycles. The molecule has 0 amide bonds. The Balaban J connectivity index is 1.48. The molecule has 68 heavy (non-hydrogen) atoms. The Hall–Kier alpha value is -10.2. The number of rotatable bonds is 4. The summed E-state index contributed by atoms with van der Waals surface area (Å²) in [6.07, 6.45) is 0. The molecule has 0 saturated heterocycles. The van der Waals surface area contributed by atoms with Gasteiger partial charge in [-0.3, -0.25) is 0 Å². The van der Waals surface area contributed by atoms with E-state index in [9.17, 15) is 97.0 Å². The van der Waals surface area contributed by atoms with E-state index >= 15 is 0 Å². The second-order valence-corrected chi connectivity index (χ2v) is 15.6. The van der Waals surface area contributed by atoms with Crippen LogP contribution in [0.15, 0.2) is 71.1 Å². The summed E-state index contributed by atoms with van der Waals surface area (Å²) in [7, 11) is 0. The zero-order valence-electron chi connectivity index (χ0n) is 33.8. The van der Waals surface area contributed by atoms with E-state index in [4.69, 9.17) is 4.42 Å². The van der Waals surface area contributed by atoms with E-state index < -0.39 is 169 Å². The maximum atomic E-state index is 12.6. The second-order valence-electron chi connectivity index (χ2n) is 15.6. The predicted molar refractivity (Wildman–Crippen MR) is 240 cm³/mol. The quantitative estimate of drug-likeness (QED) is 0.0450. The monoisotopic (exact) mass is 926 g/mol. The van der Waals surface area contributed by atoms with E-state index in [2.05, 4.69) is 0 Å². The molecule has 1 heterocycles. The molecule has 0 aliphatic carbocycles. The first-order valence-corrected chi connectivity index (χ1v) is 19.5. The average Bonchev–Trinajstić information content (AvgIpc) is 3.71. The van der Waals surface area contributed by atoms with E-state index in [1.165, 1.54) is 18.2 Å². The smallest absolute Gasteiger partial charge is 0.208 e. The van der Waals surface area contributed by atoms with Crippen LogP contribution in [0.3, 0.4) is 0 Å². The molecule has 0 aliphatic heterocycles. The predicted octanol–water partition coefficient (Wildman–Crippen LogP) is 8.12. The molecular formula is C48H30O20. The molecule has 9 aromatic carbocycles. The third kappa shape index (κ3) is 5.17. The summed E-state index contributed by atoms with van der Waals surface area (Å²) in [5, 5.41) is 209. The molecule has 342 valence electrons. The van der Waals surface area contributed by atoms with Gasteiger partial charge in [-0.2, -0.15) is 0 Å². The summed E-state index contributed by atoms with van der Waals surface area (Å²) in [6, 6.07) is 18.1. The molecule has 10 aromatic rings. The molecule has 19 N–H and O–H groups in total. The number of para-hydroxylation sites is 1. The molecular weight excluding hydrogens is 897 g/mol. The fourth-order valence-corrected chi connectivity index (χ4v) is 8.97. The third-order valence-corrected chi connectivity index (χ3v) is 12.1. The van der Waals surface area contributed by atoms with Crippen LogP contribution in [0.1, 0.15) is 0 Å². The summed E-state index contributed by atoms with van der Waals surface area (Å²) >= 11 is 0. The Kier molecular flexibility index (Phi) is 8.52. The summed E-state index contributed by atoms with van der Waals surface area (Å²) in [5.74, 6) is -28.5. The van der Waals surface area contributed by atoms with Crippen LogP contribution in [0.2, 0.25) is 0 Å². The molecule has 0 bridgehead atoms. The number of fused-ring (bicyclic) bond motifs is 6. The van der Waals surface area contributed by atoms with Crippen molar-refractivity contribution in [3.05, 3.63) is 66.7 Å². The fraction of sp³-hybridized carbons (Fsp3) is 0. The lowest BCUT2D eigenvalue weighted by atomic mass is 9.80. The number of hydrogen-bond donors (Lipinski definition) is 19. The summed E-state index contributed by atoms with van der Waals surface area (Å²) in [5.41, 5.74) is -3.62. The van der Waals surface area contributed by atoms with Crippen LogP contribution in [-0.2, 0) is 0 Å². The van der Waals surface area contributed by atoms with Gasteiger partial charge in [0.25, 0.3) is 0 Å². The molecule has 20 heteroatoms. The van der Waals surface area contributed by atoms with Gasteiger partial charge in [0, 0.05) is 54.4 Å². The van der Waals surface area contributed by atoms with Crippen molar-refractivity contribution in [2.45, 2.75) is 0 Å². The summed E-state index contributed by atoms with van der Waals surface area (Å²) in [4.78, 5) is 0. The van der Waals surface area contributed by atoms with Crippen LogP contribution in [-0.4, -0.2) is 97.0 Å². The Labute approximate surface area is 375 Å². The Bertz CT molecular complexity index is 3930. The number of furan rings is 1. The van der Waals surface area contributed by atoms with Gasteiger partial charge in [-0.15, -0.1) is 0 Å². The Morgan fingerprint density at radius 3 is 1.18 bits per heavy atom. The summed E-state index contributed by atoms with van der Waals surface area (Å²) < 4.78 is 5.97. The normalized spacial score (nSPS) is 11.8. The van der Waals surface area contributed by atoms with Gasteiger partial charge >= 0.3 is 0 Å². The van der Waals surface area contributed by atoms with Gasteiger partial charge in [-0.25, -0.2) is 0 Å². The van der Waals surface area contributed by atoms with Gasteiger partial charge in [-0.05, 0) is 41.0 Å². The van der Waals surface area contributed by atoms with Crippen molar-refractivity contribution in [3.63, 3.8) is 0 Å². The molecule has 0 fully saturated rings. The lowest BCUT2D eigenvalue weighted by Crippen LogP contribution is -1.97. The third-order valence-electron chi connectivity index (χ3n) is 12.1. The van der Waals surface area contributed by atoms with Gasteiger partial charge in [0.05, 0.1) is 16.5 Å². The van der Waals surface area contributed by atoms with E-state index in [0.29, 0.717) is 27.7 Å². The highest BCUT2D eigenvalue weighted by Gasteiger charge is 2.39. The van der Waals surface area contributed by atoms with Gasteiger partial charge in [0.1, 0.15) is 16.9 Å². The maximum Gasteiger partial charge on any atom is 0.208 e. The molecule has 0 saturated carbocycles. The van der Waals surface area contributed by atoms with Crippen molar-refractivity contribution in [1.29, 1.82) is 0 Å². The summed E-state index contributed by atoms with van der Waals surface area (Å²) in [6.45, 7) is 0. The van der Waals surface area contributed by atoms with Gasteiger partial charge in [0.15, 0.2) is 57.5 Å². The Morgan fingerprint density at radius 1 is 0.221 bits per heavy atom. The van der Waals surface area contributed by atoms with Crippen LogP contribution in [0.25, 0.3) is 98.8 Å². The first-order valence-electron chi connectivity index (χ1n) is 19.5. The van der Waals surface area contributed by atoms with Gasteiger partial charge < -0.3 is 101 Å². The van der Waals surface area contributed by atoms with E-state index in [0.717, 1.165) is 5.39 Å². The van der Waals surface area contributed by atoms with Crippen molar-refractivity contribution in [1.82, 2.24) is 0 Å². The molecule has 10 rings (SSSR count). The number of benzene rings is 9. The standard InChI is InChI=1S/C48H30O20/c49-30-21-19(14-5-3-4-12(10-14)13-8-9-18-16(11-13)15-6-1-2-7-17(15)68-18)22-24(34(53)43(62)42(61)32(22)51)20(25-26-27(37(56)41(60)33(25)52)38(57)45(64)44(63)35(26)54)23(21)31(50)36(55)28(30)29-39(58)46(65)48(67)47(66)40(29)59/h1-11,49-67H. The first kappa shape index (κ1) is 41.8. The largest absolute Gasteiger partial charge is 0.506 e. The fourth-order valence-electron chi connectivity index (χ4n) is 8.97. The van der Waals surface area contributed by atoms with E-state index in [-0.39, 0.29) is 5.56 Å². The minimum Gasteiger partial charge on any atom is -0.506 e. The number of phenolic OH excluding ortho intramolecular Hbond substituents is 19. The average molecular weight is 927 g/mol. The molecule has 0 unspecified atom stereocenters. The van der Waals surface area contributed by atoms with E-state index in [1.807, 2.05) is 6.07 Å². The van der Waals surface area contributed by atoms with E-state index in [1.54, 1.807) is 42.5 Å².